The number of benzene rings is 1. The number of rotatable bonds is 6. The van der Waals surface area contributed by atoms with Gasteiger partial charge >= 0.3 is 0 Å². The Hall–Kier alpha value is -1.81. The van der Waals surface area contributed by atoms with Crippen LogP contribution in [0.3, 0.4) is 0 Å². The molecule has 1 N–H and O–H groups in total. The average molecular weight is 467 g/mol. The summed E-state index contributed by atoms with van der Waals surface area (Å²) in [5.41, 5.74) is 0.753. The number of nitrogens with zero attached hydrogens (tertiary/aromatic N) is 1. The second-order valence-electron chi connectivity index (χ2n) is 8.16. The highest BCUT2D eigenvalue weighted by molar-refractivity contribution is 7.89. The van der Waals surface area contributed by atoms with E-state index in [2.05, 4.69) is 5.32 Å². The molecule has 6 nitrogen and oxygen atoms in total. The van der Waals surface area contributed by atoms with Crippen LogP contribution in [-0.4, -0.2) is 51.5 Å². The Kier molecular flexibility index (Phi) is 6.76. The van der Waals surface area contributed by atoms with E-state index in [1.807, 2.05) is 0 Å². The zero-order chi connectivity index (χ0) is 21.9. The zero-order valence-corrected chi connectivity index (χ0v) is 18.9. The molecule has 0 atom stereocenters. The Balaban J connectivity index is 1.53. The summed E-state index contributed by atoms with van der Waals surface area (Å²) in [5, 5.41) is 4.63. The third-order valence-electron chi connectivity index (χ3n) is 6.28. The fourth-order valence-corrected chi connectivity index (χ4v) is 7.25. The van der Waals surface area contributed by atoms with E-state index in [1.165, 1.54) is 22.5 Å². The van der Waals surface area contributed by atoms with E-state index in [4.69, 9.17) is 4.74 Å². The molecule has 1 aromatic carbocycles. The fraction of sp³-hybridized carbons (Fsp3) is 0.500. The van der Waals surface area contributed by atoms with E-state index in [9.17, 15) is 17.6 Å². The van der Waals surface area contributed by atoms with E-state index in [1.54, 1.807) is 17.5 Å². The van der Waals surface area contributed by atoms with E-state index >= 15 is 0 Å². The summed E-state index contributed by atoms with van der Waals surface area (Å²) in [6.07, 6.45) is 5.04. The Morgan fingerprint density at radius 2 is 1.77 bits per heavy atom. The van der Waals surface area contributed by atoms with Gasteiger partial charge in [0.25, 0.3) is 5.91 Å². The van der Waals surface area contributed by atoms with E-state index in [0.29, 0.717) is 19.8 Å². The molecule has 0 unspecified atom stereocenters. The minimum absolute atomic E-state index is 0.0522. The van der Waals surface area contributed by atoms with Crippen molar-refractivity contribution in [2.75, 3.05) is 32.8 Å². The largest absolute Gasteiger partial charge is 0.379 e. The number of carbonyl (C=O) groups excluding carboxylic acids is 1. The van der Waals surface area contributed by atoms with Gasteiger partial charge in [-0.15, -0.1) is 11.3 Å². The van der Waals surface area contributed by atoms with E-state index in [0.717, 1.165) is 49.0 Å². The van der Waals surface area contributed by atoms with Gasteiger partial charge in [-0.25, -0.2) is 12.8 Å². The molecule has 1 saturated carbocycles. The van der Waals surface area contributed by atoms with Crippen LogP contribution in [0.15, 0.2) is 40.6 Å². The summed E-state index contributed by atoms with van der Waals surface area (Å²) in [7, 11) is -3.75. The average Bonchev–Trinajstić information content (AvgIpc) is 3.30. The molecule has 2 heterocycles. The van der Waals surface area contributed by atoms with Gasteiger partial charge in [-0.1, -0.05) is 31.4 Å². The van der Waals surface area contributed by atoms with Crippen molar-refractivity contribution in [1.82, 2.24) is 9.62 Å². The minimum atomic E-state index is -3.75. The Morgan fingerprint density at radius 3 is 2.45 bits per heavy atom. The molecule has 1 aliphatic carbocycles. The molecule has 2 fully saturated rings. The lowest BCUT2D eigenvalue weighted by Crippen LogP contribution is -2.43. The third kappa shape index (κ3) is 4.69. The number of hydrogen-bond donors (Lipinski definition) is 1. The first-order chi connectivity index (χ1) is 14.9. The predicted molar refractivity (Wildman–Crippen MR) is 117 cm³/mol. The monoisotopic (exact) mass is 466 g/mol. The lowest BCUT2D eigenvalue weighted by atomic mass is 9.69. The first-order valence-corrected chi connectivity index (χ1v) is 12.9. The van der Waals surface area contributed by atoms with Gasteiger partial charge in [-0.2, -0.15) is 4.31 Å². The molecule has 1 saturated heterocycles. The molecule has 0 bridgehead atoms. The molecule has 1 amide bonds. The molecule has 4 rings (SSSR count). The van der Waals surface area contributed by atoms with Crippen LogP contribution < -0.4 is 5.32 Å². The van der Waals surface area contributed by atoms with Gasteiger partial charge in [0.2, 0.25) is 10.0 Å². The molecular formula is C22H27FN2O4S2. The molecule has 168 valence electrons. The van der Waals surface area contributed by atoms with Crippen molar-refractivity contribution < 1.29 is 22.3 Å². The van der Waals surface area contributed by atoms with Crippen LogP contribution >= 0.6 is 11.3 Å². The summed E-state index contributed by atoms with van der Waals surface area (Å²) in [5.74, 6) is -0.663. The zero-order valence-electron chi connectivity index (χ0n) is 17.3. The second-order valence-corrected chi connectivity index (χ2v) is 11.0. The summed E-state index contributed by atoms with van der Waals surface area (Å²) in [4.78, 5) is 13.3. The number of thiophene rings is 1. The Labute approximate surface area is 186 Å². The predicted octanol–water partition coefficient (Wildman–Crippen LogP) is 3.54. The molecule has 0 radical (unpaired) electrons. The van der Waals surface area contributed by atoms with Gasteiger partial charge in [0.1, 0.15) is 15.6 Å². The van der Waals surface area contributed by atoms with Crippen molar-refractivity contribution in [1.29, 1.82) is 0 Å². The van der Waals surface area contributed by atoms with Gasteiger partial charge in [-0.3, -0.25) is 4.79 Å². The SMILES string of the molecule is O=C(NCC1(c2ccc(F)cc2)CCCCC1)c1sccc1S(=O)(=O)N1CCOCC1. The quantitative estimate of drug-likeness (QED) is 0.707. The van der Waals surface area contributed by atoms with Crippen LogP contribution in [0, 0.1) is 5.82 Å². The standard InChI is InChI=1S/C22H27FN2O4S2/c23-18-6-4-17(5-7-18)22(9-2-1-3-10-22)16-24-21(26)20-19(8-15-30-20)31(27,28)25-11-13-29-14-12-25/h4-8,15H,1-3,9-14,16H2,(H,24,26). The molecule has 2 aliphatic rings. The van der Waals surface area contributed by atoms with Gasteiger partial charge in [0.15, 0.2) is 0 Å². The number of nitrogens with one attached hydrogen (secondary N) is 1. The van der Waals surface area contributed by atoms with Crippen LogP contribution in [0.4, 0.5) is 4.39 Å². The van der Waals surface area contributed by atoms with Crippen molar-refractivity contribution >= 4 is 27.3 Å². The van der Waals surface area contributed by atoms with Crippen molar-refractivity contribution in [2.24, 2.45) is 0 Å². The van der Waals surface area contributed by atoms with Crippen molar-refractivity contribution in [3.8, 4) is 0 Å². The molecular weight excluding hydrogens is 439 g/mol. The highest BCUT2D eigenvalue weighted by atomic mass is 32.2. The number of halogens is 1. The number of amides is 1. The van der Waals surface area contributed by atoms with Gasteiger partial charge in [-0.05, 0) is 42.0 Å². The summed E-state index contributed by atoms with van der Waals surface area (Å²) >= 11 is 1.13. The maximum atomic E-state index is 13.5. The third-order valence-corrected chi connectivity index (χ3v) is 9.26. The summed E-state index contributed by atoms with van der Waals surface area (Å²) < 4.78 is 46.2. The number of sulfonamides is 1. The fourth-order valence-electron chi connectivity index (χ4n) is 4.52. The topological polar surface area (TPSA) is 75.7 Å². The molecule has 0 spiro atoms. The smallest absolute Gasteiger partial charge is 0.262 e. The molecule has 2 aromatic rings. The molecule has 9 heteroatoms. The summed E-state index contributed by atoms with van der Waals surface area (Å²) in [6.45, 7) is 1.67. The van der Waals surface area contributed by atoms with Crippen molar-refractivity contribution in [3.05, 3.63) is 52.0 Å². The number of hydrogen-bond acceptors (Lipinski definition) is 5. The van der Waals surface area contributed by atoms with Gasteiger partial charge in [0, 0.05) is 25.0 Å². The lowest BCUT2D eigenvalue weighted by Gasteiger charge is -2.38. The van der Waals surface area contributed by atoms with E-state index < -0.39 is 10.0 Å². The molecule has 31 heavy (non-hydrogen) atoms. The molecule has 1 aliphatic heterocycles. The van der Waals surface area contributed by atoms with Gasteiger partial charge in [0.05, 0.1) is 13.2 Å². The van der Waals surface area contributed by atoms with Crippen LogP contribution in [0.25, 0.3) is 0 Å². The maximum Gasteiger partial charge on any atom is 0.262 e. The summed E-state index contributed by atoms with van der Waals surface area (Å²) in [6, 6.07) is 8.01. The van der Waals surface area contributed by atoms with E-state index in [-0.39, 0.29) is 40.0 Å². The van der Waals surface area contributed by atoms with Crippen molar-refractivity contribution in [2.45, 2.75) is 42.4 Å². The first-order valence-electron chi connectivity index (χ1n) is 10.6. The number of ether oxygens (including phenoxy) is 1. The highest BCUT2D eigenvalue weighted by Gasteiger charge is 2.36. The molecule has 1 aromatic heterocycles. The Bertz CT molecular complexity index is 1010. The normalized spacial score (nSPS) is 19.8. The van der Waals surface area contributed by atoms with Crippen molar-refractivity contribution in [3.63, 3.8) is 0 Å². The lowest BCUT2D eigenvalue weighted by molar-refractivity contribution is 0.0730. The maximum absolute atomic E-state index is 13.5. The second kappa shape index (κ2) is 9.36. The van der Waals surface area contributed by atoms with Crippen LogP contribution in [0.2, 0.25) is 0 Å². The number of carbonyl (C=O) groups is 1. The minimum Gasteiger partial charge on any atom is -0.379 e. The van der Waals surface area contributed by atoms with Gasteiger partial charge < -0.3 is 10.1 Å². The van der Waals surface area contributed by atoms with Crippen LogP contribution in [0.5, 0.6) is 0 Å². The van der Waals surface area contributed by atoms with Crippen LogP contribution in [-0.2, 0) is 20.2 Å². The Morgan fingerprint density at radius 1 is 1.10 bits per heavy atom. The highest BCUT2D eigenvalue weighted by Crippen LogP contribution is 2.39. The van der Waals surface area contributed by atoms with Crippen LogP contribution in [0.1, 0.15) is 47.3 Å². The first kappa shape index (κ1) is 22.4. The number of morpholine rings is 1.